The fourth-order valence-corrected chi connectivity index (χ4v) is 2.20. The van der Waals surface area contributed by atoms with Crippen molar-refractivity contribution in [2.45, 2.75) is 25.2 Å². The maximum Gasteiger partial charge on any atom is 0.177 e. The van der Waals surface area contributed by atoms with Crippen molar-refractivity contribution in [1.82, 2.24) is 9.55 Å². The number of H-pyrrole nitrogens is 1. The van der Waals surface area contributed by atoms with Crippen LogP contribution in [0.1, 0.15) is 12.1 Å². The summed E-state index contributed by atoms with van der Waals surface area (Å²) in [7, 11) is 1.68. The number of imidazole rings is 1. The molecule has 0 radical (unpaired) electrons. The van der Waals surface area contributed by atoms with Gasteiger partial charge in [0.2, 0.25) is 0 Å². The third kappa shape index (κ3) is 2.06. The van der Waals surface area contributed by atoms with Gasteiger partial charge in [-0.25, -0.2) is 0 Å². The van der Waals surface area contributed by atoms with Gasteiger partial charge in [-0.05, 0) is 12.2 Å². The first-order valence-corrected chi connectivity index (χ1v) is 5.62. The van der Waals surface area contributed by atoms with Crippen LogP contribution < -0.4 is 0 Å². The number of methoxy groups -OCH3 is 1. The number of hydrogen-bond acceptors (Lipinski definition) is 4. The van der Waals surface area contributed by atoms with Gasteiger partial charge < -0.3 is 24.1 Å². The monoisotopic (exact) mass is 244 g/mol. The Bertz CT molecular complexity index is 406. The van der Waals surface area contributed by atoms with E-state index in [2.05, 4.69) is 4.98 Å². The Hall–Kier alpha value is -0.690. The third-order valence-corrected chi connectivity index (χ3v) is 3.40. The van der Waals surface area contributed by atoms with E-state index in [-0.39, 0.29) is 12.2 Å². The summed E-state index contributed by atoms with van der Waals surface area (Å²) in [5.74, 6) is 0. The van der Waals surface area contributed by atoms with Gasteiger partial charge in [0.1, 0.15) is 5.60 Å². The van der Waals surface area contributed by atoms with Gasteiger partial charge in [-0.1, -0.05) is 0 Å². The summed E-state index contributed by atoms with van der Waals surface area (Å²) in [5, 5.41) is 9.20. The van der Waals surface area contributed by atoms with E-state index in [4.69, 9.17) is 21.7 Å². The first-order valence-electron chi connectivity index (χ1n) is 5.22. The molecule has 6 heteroatoms. The molecule has 16 heavy (non-hydrogen) atoms. The Balaban J connectivity index is 2.24. The molecular formula is C10H16N2O3S. The molecule has 2 rings (SSSR count). The molecule has 0 aliphatic carbocycles. The minimum Gasteiger partial charge on any atom is -0.390 e. The molecule has 0 bridgehead atoms. The van der Waals surface area contributed by atoms with Gasteiger partial charge in [-0.15, -0.1) is 0 Å². The summed E-state index contributed by atoms with van der Waals surface area (Å²) >= 11 is 5.17. The molecule has 2 N–H and O–H groups in total. The Labute approximate surface area is 99.0 Å². The highest BCUT2D eigenvalue weighted by Crippen LogP contribution is 2.25. The van der Waals surface area contributed by atoms with E-state index in [1.165, 1.54) is 0 Å². The Morgan fingerprint density at radius 1 is 1.75 bits per heavy atom. The van der Waals surface area contributed by atoms with Crippen LogP contribution in [0.2, 0.25) is 0 Å². The van der Waals surface area contributed by atoms with Crippen LogP contribution in [0, 0.1) is 4.77 Å². The van der Waals surface area contributed by atoms with Gasteiger partial charge in [-0.2, -0.15) is 0 Å². The number of rotatable bonds is 4. The van der Waals surface area contributed by atoms with Crippen LogP contribution in [-0.4, -0.2) is 40.6 Å². The number of aromatic nitrogens is 2. The van der Waals surface area contributed by atoms with Crippen LogP contribution in [-0.2, 0) is 22.6 Å². The molecule has 1 fully saturated rings. The lowest BCUT2D eigenvalue weighted by Crippen LogP contribution is -2.37. The zero-order chi connectivity index (χ0) is 11.6. The number of nitrogens with zero attached hydrogens (tertiary/aromatic N) is 1. The molecule has 1 aliphatic rings. The van der Waals surface area contributed by atoms with E-state index < -0.39 is 0 Å². The van der Waals surface area contributed by atoms with Gasteiger partial charge in [0.25, 0.3) is 0 Å². The molecule has 1 aliphatic heterocycles. The third-order valence-electron chi connectivity index (χ3n) is 3.06. The van der Waals surface area contributed by atoms with Crippen molar-refractivity contribution in [3.63, 3.8) is 0 Å². The Morgan fingerprint density at radius 2 is 2.56 bits per heavy atom. The zero-order valence-corrected chi connectivity index (χ0v) is 10.0. The molecule has 0 aromatic carbocycles. The topological polar surface area (TPSA) is 59.4 Å². The van der Waals surface area contributed by atoms with E-state index >= 15 is 0 Å². The lowest BCUT2D eigenvalue weighted by atomic mass is 10.0. The molecule has 5 nitrogen and oxygen atoms in total. The second-order valence-corrected chi connectivity index (χ2v) is 4.41. The van der Waals surface area contributed by atoms with Gasteiger partial charge >= 0.3 is 0 Å². The van der Waals surface area contributed by atoms with Crippen LogP contribution in [0.15, 0.2) is 6.20 Å². The lowest BCUT2D eigenvalue weighted by molar-refractivity contribution is -0.0306. The largest absolute Gasteiger partial charge is 0.390 e. The average Bonchev–Trinajstić information content (AvgIpc) is 2.89. The van der Waals surface area contributed by atoms with Gasteiger partial charge in [0.15, 0.2) is 4.77 Å². The van der Waals surface area contributed by atoms with E-state index in [9.17, 15) is 5.11 Å². The quantitative estimate of drug-likeness (QED) is 0.771. The average molecular weight is 244 g/mol. The van der Waals surface area contributed by atoms with Gasteiger partial charge in [0, 0.05) is 26.3 Å². The number of ether oxygens (including phenoxy) is 2. The molecule has 0 spiro atoms. The van der Waals surface area contributed by atoms with Crippen LogP contribution >= 0.6 is 12.2 Å². The maximum absolute atomic E-state index is 9.20. The van der Waals surface area contributed by atoms with E-state index in [1.54, 1.807) is 13.3 Å². The standard InChI is InChI=1S/C10H16N2O3S/c1-14-10(2-3-15-7-10)6-12-8(5-13)4-11-9(12)16/h4,13H,2-3,5-7H2,1H3,(H,11,16). The number of aromatic amines is 1. The Kier molecular flexibility index (Phi) is 3.44. The molecule has 1 atom stereocenters. The van der Waals surface area contributed by atoms with E-state index in [0.29, 0.717) is 24.5 Å². The van der Waals surface area contributed by atoms with E-state index in [0.717, 1.165) is 12.1 Å². The van der Waals surface area contributed by atoms with E-state index in [1.807, 2.05) is 4.57 Å². The first-order chi connectivity index (χ1) is 7.71. The van der Waals surface area contributed by atoms with Crippen LogP contribution in [0.4, 0.5) is 0 Å². The number of aliphatic hydroxyl groups excluding tert-OH is 1. The molecule has 0 amide bonds. The summed E-state index contributed by atoms with van der Waals surface area (Å²) in [4.78, 5) is 2.92. The minimum absolute atomic E-state index is 0.0339. The first kappa shape index (κ1) is 11.8. The van der Waals surface area contributed by atoms with Crippen molar-refractivity contribution in [1.29, 1.82) is 0 Å². The lowest BCUT2D eigenvalue weighted by Gasteiger charge is -2.26. The predicted molar refractivity (Wildman–Crippen MR) is 60.7 cm³/mol. The number of nitrogens with one attached hydrogen (secondary N) is 1. The van der Waals surface area contributed by atoms with Crippen LogP contribution in [0.5, 0.6) is 0 Å². The molecule has 90 valence electrons. The van der Waals surface area contributed by atoms with Crippen LogP contribution in [0.25, 0.3) is 0 Å². The predicted octanol–water partition coefficient (Wildman–Crippen LogP) is 0.843. The minimum atomic E-state index is -0.315. The highest BCUT2D eigenvalue weighted by atomic mass is 32.1. The molecule has 0 saturated carbocycles. The van der Waals surface area contributed by atoms with Crippen molar-refractivity contribution < 1.29 is 14.6 Å². The molecule has 1 unspecified atom stereocenters. The smallest absolute Gasteiger partial charge is 0.177 e. The van der Waals surface area contributed by atoms with Crippen molar-refractivity contribution >= 4 is 12.2 Å². The number of hydrogen-bond donors (Lipinski definition) is 2. The van der Waals surface area contributed by atoms with Gasteiger partial charge in [0.05, 0.1) is 25.5 Å². The molecule has 1 saturated heterocycles. The van der Waals surface area contributed by atoms with Crippen LogP contribution in [0.3, 0.4) is 0 Å². The summed E-state index contributed by atoms with van der Waals surface area (Å²) in [6.07, 6.45) is 2.57. The second kappa shape index (κ2) is 4.67. The SMILES string of the molecule is COC1(Cn2c(CO)c[nH]c2=S)CCOC1. The Morgan fingerprint density at radius 3 is 3.12 bits per heavy atom. The maximum atomic E-state index is 9.20. The molecular weight excluding hydrogens is 228 g/mol. The van der Waals surface area contributed by atoms with Crippen molar-refractivity contribution in [3.8, 4) is 0 Å². The second-order valence-electron chi connectivity index (χ2n) is 4.02. The highest BCUT2D eigenvalue weighted by molar-refractivity contribution is 7.71. The molecule has 1 aromatic heterocycles. The summed E-state index contributed by atoms with van der Waals surface area (Å²) in [5.41, 5.74) is 0.456. The highest BCUT2D eigenvalue weighted by Gasteiger charge is 2.35. The van der Waals surface area contributed by atoms with Crippen molar-refractivity contribution in [2.24, 2.45) is 0 Å². The molecule has 1 aromatic rings. The number of aliphatic hydroxyl groups is 1. The summed E-state index contributed by atoms with van der Waals surface area (Å²) in [6, 6.07) is 0. The van der Waals surface area contributed by atoms with Gasteiger partial charge in [-0.3, -0.25) is 0 Å². The van der Waals surface area contributed by atoms with Crippen molar-refractivity contribution in [2.75, 3.05) is 20.3 Å². The zero-order valence-electron chi connectivity index (χ0n) is 9.23. The normalized spacial score (nSPS) is 25.1. The molecule has 2 heterocycles. The summed E-state index contributed by atoms with van der Waals surface area (Å²) in [6.45, 7) is 1.86. The van der Waals surface area contributed by atoms with Crippen molar-refractivity contribution in [3.05, 3.63) is 16.7 Å². The summed E-state index contributed by atoms with van der Waals surface area (Å²) < 4.78 is 13.4. The fraction of sp³-hybridized carbons (Fsp3) is 0.700. The fourth-order valence-electron chi connectivity index (χ4n) is 1.96.